The summed E-state index contributed by atoms with van der Waals surface area (Å²) in [6, 6.07) is 10.0. The maximum absolute atomic E-state index is 13.9. The van der Waals surface area contributed by atoms with Gasteiger partial charge in [0.15, 0.2) is 5.78 Å². The molecule has 0 spiro atoms. The van der Waals surface area contributed by atoms with Gasteiger partial charge in [-0.25, -0.2) is 4.39 Å². The summed E-state index contributed by atoms with van der Waals surface area (Å²) in [5.41, 5.74) is 1.61. The van der Waals surface area contributed by atoms with Crippen LogP contribution in [0.2, 0.25) is 5.02 Å². The molecular formula is C20H22ClFN2O. The molecule has 0 aliphatic carbocycles. The largest absolute Gasteiger partial charge is 0.306 e. The Morgan fingerprint density at radius 2 is 1.88 bits per heavy atom. The summed E-state index contributed by atoms with van der Waals surface area (Å²) in [5.74, 6) is -0.289. The smallest absolute Gasteiger partial charge is 0.173 e. The fourth-order valence-electron chi connectivity index (χ4n) is 3.32. The van der Waals surface area contributed by atoms with Gasteiger partial charge in [-0.3, -0.25) is 9.78 Å². The molecule has 1 aromatic heterocycles. The Morgan fingerprint density at radius 3 is 2.60 bits per heavy atom. The fraction of sp³-hybridized carbons (Fsp3) is 0.400. The summed E-state index contributed by atoms with van der Waals surface area (Å²) in [6.45, 7) is 2.24. The van der Waals surface area contributed by atoms with E-state index < -0.39 is 5.82 Å². The average molecular weight is 361 g/mol. The lowest BCUT2D eigenvalue weighted by molar-refractivity contribution is 0.0988. The van der Waals surface area contributed by atoms with Gasteiger partial charge in [-0.1, -0.05) is 23.7 Å². The normalized spacial score (nSPS) is 16.1. The van der Waals surface area contributed by atoms with Crippen molar-refractivity contribution in [1.29, 1.82) is 0 Å². The number of Topliss-reactive ketones (excluding diaryl/α,β-unsaturated/α-hetero) is 1. The molecular weight excluding hydrogens is 339 g/mol. The zero-order chi connectivity index (χ0) is 17.8. The number of nitrogens with zero attached hydrogens (tertiary/aromatic N) is 2. The van der Waals surface area contributed by atoms with Crippen molar-refractivity contribution in [2.45, 2.75) is 25.7 Å². The van der Waals surface area contributed by atoms with Crippen LogP contribution < -0.4 is 0 Å². The number of hydrogen-bond donors (Lipinski definition) is 0. The van der Waals surface area contributed by atoms with Crippen LogP contribution >= 0.6 is 11.6 Å². The average Bonchev–Trinajstić information content (AvgIpc) is 2.57. The Morgan fingerprint density at radius 1 is 1.20 bits per heavy atom. The number of aromatic nitrogens is 1. The highest BCUT2D eigenvalue weighted by Crippen LogP contribution is 2.22. The Balaban J connectivity index is 1.68. The molecule has 5 heteroatoms. The lowest BCUT2D eigenvalue weighted by atomic mass is 9.92. The van der Waals surface area contributed by atoms with Crippen LogP contribution in [0.4, 0.5) is 4.39 Å². The number of benzene rings is 1. The third-order valence-corrected chi connectivity index (χ3v) is 5.10. The molecule has 1 aliphatic heterocycles. The number of pyridine rings is 1. The highest BCUT2D eigenvalue weighted by atomic mass is 35.5. The zero-order valence-corrected chi connectivity index (χ0v) is 15.1. The first-order chi connectivity index (χ1) is 12.0. The molecule has 0 saturated carbocycles. The van der Waals surface area contributed by atoms with Gasteiger partial charge in [-0.15, -0.1) is 0 Å². The first kappa shape index (κ1) is 18.0. The van der Waals surface area contributed by atoms with Crippen LogP contribution in [-0.4, -0.2) is 35.8 Å². The van der Waals surface area contributed by atoms with E-state index in [1.165, 1.54) is 31.0 Å². The van der Waals surface area contributed by atoms with Gasteiger partial charge in [0, 0.05) is 11.4 Å². The van der Waals surface area contributed by atoms with Crippen molar-refractivity contribution in [1.82, 2.24) is 9.88 Å². The fourth-order valence-corrected chi connectivity index (χ4v) is 3.59. The molecule has 0 unspecified atom stereocenters. The second kappa shape index (κ2) is 8.07. The highest BCUT2D eigenvalue weighted by Gasteiger charge is 2.19. The van der Waals surface area contributed by atoms with Crippen molar-refractivity contribution in [3.8, 4) is 0 Å². The number of hydrogen-bond acceptors (Lipinski definition) is 3. The van der Waals surface area contributed by atoms with E-state index in [9.17, 15) is 9.18 Å². The molecule has 3 nitrogen and oxygen atoms in total. The van der Waals surface area contributed by atoms with Crippen molar-refractivity contribution < 1.29 is 9.18 Å². The summed E-state index contributed by atoms with van der Waals surface area (Å²) in [7, 11) is 2.15. The summed E-state index contributed by atoms with van der Waals surface area (Å²) < 4.78 is 13.9. The van der Waals surface area contributed by atoms with E-state index in [0.717, 1.165) is 25.2 Å². The zero-order valence-electron chi connectivity index (χ0n) is 14.3. The summed E-state index contributed by atoms with van der Waals surface area (Å²) >= 11 is 5.98. The quantitative estimate of drug-likeness (QED) is 0.750. The molecule has 0 atom stereocenters. The summed E-state index contributed by atoms with van der Waals surface area (Å²) in [4.78, 5) is 19.4. The lowest BCUT2D eigenvalue weighted by Gasteiger charge is -2.28. The SMILES string of the molecule is CN1CCC(Cc2cccc(CC(=O)c3c(F)cccc3Cl)n2)CC1. The van der Waals surface area contributed by atoms with Crippen molar-refractivity contribution in [3.63, 3.8) is 0 Å². The highest BCUT2D eigenvalue weighted by molar-refractivity contribution is 6.34. The van der Waals surface area contributed by atoms with Crippen LogP contribution in [0.1, 0.15) is 34.6 Å². The number of piperidine rings is 1. The van der Waals surface area contributed by atoms with Gasteiger partial charge in [0.2, 0.25) is 0 Å². The lowest BCUT2D eigenvalue weighted by Crippen LogP contribution is -2.31. The van der Waals surface area contributed by atoms with Crippen molar-refractivity contribution >= 4 is 17.4 Å². The Labute approximate surface area is 152 Å². The van der Waals surface area contributed by atoms with E-state index in [4.69, 9.17) is 11.6 Å². The molecule has 0 amide bonds. The predicted octanol–water partition coefficient (Wildman–Crippen LogP) is 4.18. The number of ketones is 1. The van der Waals surface area contributed by atoms with E-state index in [1.807, 2.05) is 18.2 Å². The molecule has 0 bridgehead atoms. The van der Waals surface area contributed by atoms with Crippen LogP contribution in [0.3, 0.4) is 0 Å². The van der Waals surface area contributed by atoms with E-state index in [2.05, 4.69) is 16.9 Å². The molecule has 1 fully saturated rings. The van der Waals surface area contributed by atoms with Crippen molar-refractivity contribution in [2.24, 2.45) is 5.92 Å². The molecule has 0 radical (unpaired) electrons. The van der Waals surface area contributed by atoms with Crippen LogP contribution in [-0.2, 0) is 12.8 Å². The van der Waals surface area contributed by atoms with E-state index >= 15 is 0 Å². The second-order valence-electron chi connectivity index (χ2n) is 6.77. The maximum atomic E-state index is 13.9. The first-order valence-electron chi connectivity index (χ1n) is 8.63. The molecule has 2 heterocycles. The minimum atomic E-state index is -0.583. The van der Waals surface area contributed by atoms with Gasteiger partial charge in [0.05, 0.1) is 17.0 Å². The minimum absolute atomic E-state index is 0.0494. The van der Waals surface area contributed by atoms with Crippen LogP contribution in [0.15, 0.2) is 36.4 Å². The number of carbonyl (C=O) groups excluding carboxylic acids is 1. The van der Waals surface area contributed by atoms with Gasteiger partial charge in [0.25, 0.3) is 0 Å². The third kappa shape index (κ3) is 4.65. The minimum Gasteiger partial charge on any atom is -0.306 e. The van der Waals surface area contributed by atoms with Crippen LogP contribution in [0.5, 0.6) is 0 Å². The predicted molar refractivity (Wildman–Crippen MR) is 97.6 cm³/mol. The Hall–Kier alpha value is -1.78. The van der Waals surface area contributed by atoms with Gasteiger partial charge in [-0.2, -0.15) is 0 Å². The van der Waals surface area contributed by atoms with E-state index in [-0.39, 0.29) is 22.8 Å². The Kier molecular flexibility index (Phi) is 5.82. The Bertz CT molecular complexity index is 737. The maximum Gasteiger partial charge on any atom is 0.173 e. The van der Waals surface area contributed by atoms with Crippen molar-refractivity contribution in [3.05, 3.63) is 64.2 Å². The van der Waals surface area contributed by atoms with Gasteiger partial charge >= 0.3 is 0 Å². The van der Waals surface area contributed by atoms with Gasteiger partial charge in [-0.05, 0) is 69.6 Å². The standard InChI is InChI=1S/C20H22ClFN2O/c1-24-10-8-14(9-11-24)12-15-4-2-5-16(23-15)13-19(25)20-17(21)6-3-7-18(20)22/h2-7,14H,8-13H2,1H3. The third-order valence-electron chi connectivity index (χ3n) is 4.78. The number of halogens is 2. The van der Waals surface area contributed by atoms with Gasteiger partial charge < -0.3 is 4.90 Å². The molecule has 25 heavy (non-hydrogen) atoms. The van der Waals surface area contributed by atoms with E-state index in [1.54, 1.807) is 0 Å². The topological polar surface area (TPSA) is 33.2 Å². The number of rotatable bonds is 5. The molecule has 132 valence electrons. The van der Waals surface area contributed by atoms with Gasteiger partial charge in [0.1, 0.15) is 5.82 Å². The van der Waals surface area contributed by atoms with Crippen LogP contribution in [0.25, 0.3) is 0 Å². The van der Waals surface area contributed by atoms with Crippen molar-refractivity contribution in [2.75, 3.05) is 20.1 Å². The van der Waals surface area contributed by atoms with E-state index in [0.29, 0.717) is 11.6 Å². The molecule has 2 aromatic rings. The molecule has 3 rings (SSSR count). The second-order valence-corrected chi connectivity index (χ2v) is 7.17. The first-order valence-corrected chi connectivity index (χ1v) is 9.01. The molecule has 0 N–H and O–H groups in total. The number of carbonyl (C=O) groups is 1. The summed E-state index contributed by atoms with van der Waals surface area (Å²) in [6.07, 6.45) is 3.33. The summed E-state index contributed by atoms with van der Waals surface area (Å²) in [5, 5.41) is 0.146. The van der Waals surface area contributed by atoms with Crippen LogP contribution in [0, 0.1) is 11.7 Å². The molecule has 1 saturated heterocycles. The molecule has 1 aliphatic rings. The molecule has 1 aromatic carbocycles. The monoisotopic (exact) mass is 360 g/mol. The number of likely N-dealkylation sites (tertiary alicyclic amines) is 1.